The minimum atomic E-state index is -1.19. The zero-order valence-electron chi connectivity index (χ0n) is 16.9. The predicted octanol–water partition coefficient (Wildman–Crippen LogP) is 4.80. The van der Waals surface area contributed by atoms with Crippen LogP contribution in [0.4, 0.5) is 4.79 Å². The molecule has 7 heteroatoms. The fourth-order valence-electron chi connectivity index (χ4n) is 3.39. The van der Waals surface area contributed by atoms with E-state index in [1.807, 2.05) is 0 Å². The van der Waals surface area contributed by atoms with E-state index in [-0.39, 0.29) is 12.5 Å². The largest absolute Gasteiger partial charge is 0.463 e. The van der Waals surface area contributed by atoms with Gasteiger partial charge in [0.05, 0.1) is 6.54 Å². The molecule has 0 radical (unpaired) electrons. The van der Waals surface area contributed by atoms with Gasteiger partial charge in [0.15, 0.2) is 5.54 Å². The summed E-state index contributed by atoms with van der Waals surface area (Å²) in [6.07, 6.45) is 1.73. The molecule has 0 aliphatic carbocycles. The smallest absolute Gasteiger partial charge is 0.325 e. The minimum Gasteiger partial charge on any atom is -0.463 e. The highest BCUT2D eigenvalue weighted by atomic mass is 32.1. The molecule has 3 aromatic rings. The monoisotopic (exact) mass is 409 g/mol. The zero-order chi connectivity index (χ0) is 20.8. The lowest BCUT2D eigenvalue weighted by Gasteiger charge is -2.18. The molecule has 2 aromatic heterocycles. The van der Waals surface area contributed by atoms with Gasteiger partial charge in [0.1, 0.15) is 16.5 Å². The number of nitrogens with one attached hydrogen (secondary N) is 1. The van der Waals surface area contributed by atoms with Crippen LogP contribution in [0.2, 0.25) is 0 Å². The molecule has 1 fully saturated rings. The number of hydrogen-bond donors (Lipinski definition) is 1. The number of benzene rings is 1. The molecule has 1 saturated heterocycles. The first kappa shape index (κ1) is 19.4. The molecular weight excluding hydrogens is 386 g/mol. The number of aryl methyl sites for hydroxylation is 1. The average molecular weight is 410 g/mol. The molecule has 1 atom stereocenters. The van der Waals surface area contributed by atoms with Crippen molar-refractivity contribution in [2.24, 2.45) is 0 Å². The summed E-state index contributed by atoms with van der Waals surface area (Å²) in [7, 11) is 0. The number of amides is 3. The van der Waals surface area contributed by atoms with Crippen molar-refractivity contribution >= 4 is 23.3 Å². The van der Waals surface area contributed by atoms with Gasteiger partial charge in [0, 0.05) is 16.6 Å². The lowest BCUT2D eigenvalue weighted by molar-refractivity contribution is -0.132. The second kappa shape index (κ2) is 7.15. The van der Waals surface area contributed by atoms with E-state index in [2.05, 4.69) is 48.4 Å². The zero-order valence-corrected chi connectivity index (χ0v) is 17.7. The van der Waals surface area contributed by atoms with Crippen molar-refractivity contribution in [3.8, 4) is 10.6 Å². The minimum absolute atomic E-state index is 0.182. The Balaban J connectivity index is 1.53. The molecule has 1 N–H and O–H groups in total. The summed E-state index contributed by atoms with van der Waals surface area (Å²) in [5, 5.41) is 3.63. The number of urea groups is 1. The van der Waals surface area contributed by atoms with Crippen molar-refractivity contribution in [1.29, 1.82) is 0 Å². The van der Waals surface area contributed by atoms with Gasteiger partial charge in [-0.05, 0) is 37.5 Å². The van der Waals surface area contributed by atoms with Gasteiger partial charge >= 0.3 is 6.03 Å². The van der Waals surface area contributed by atoms with E-state index < -0.39 is 11.6 Å². The highest BCUT2D eigenvalue weighted by Crippen LogP contribution is 2.33. The summed E-state index contributed by atoms with van der Waals surface area (Å²) in [6, 6.07) is 11.4. The molecule has 0 bridgehead atoms. The quantitative estimate of drug-likeness (QED) is 0.614. The molecule has 0 spiro atoms. The fourth-order valence-corrected chi connectivity index (χ4v) is 4.30. The Morgan fingerprint density at radius 3 is 2.52 bits per heavy atom. The lowest BCUT2D eigenvalue weighted by Crippen LogP contribution is -2.40. The maximum absolute atomic E-state index is 13.0. The third-order valence-corrected chi connectivity index (χ3v) is 6.23. The number of furan rings is 1. The Labute approximate surface area is 173 Å². The van der Waals surface area contributed by atoms with Gasteiger partial charge < -0.3 is 9.73 Å². The van der Waals surface area contributed by atoms with E-state index in [1.165, 1.54) is 21.8 Å². The fraction of sp³-hybridized carbons (Fsp3) is 0.318. The molecule has 150 valence electrons. The summed E-state index contributed by atoms with van der Waals surface area (Å²) in [5.74, 6) is 1.28. The van der Waals surface area contributed by atoms with Crippen LogP contribution in [0.3, 0.4) is 0 Å². The number of imide groups is 1. The summed E-state index contributed by atoms with van der Waals surface area (Å²) >= 11 is 1.48. The Hall–Kier alpha value is -2.93. The molecule has 1 aliphatic heterocycles. The highest BCUT2D eigenvalue weighted by molar-refractivity contribution is 7.15. The molecule has 29 heavy (non-hydrogen) atoms. The van der Waals surface area contributed by atoms with Gasteiger partial charge in [-0.3, -0.25) is 9.69 Å². The molecule has 3 heterocycles. The first-order valence-electron chi connectivity index (χ1n) is 9.54. The van der Waals surface area contributed by atoms with E-state index in [9.17, 15) is 9.59 Å². The molecule has 0 unspecified atom stereocenters. The standard InChI is InChI=1S/C22H23N3O3S/c1-13(2)15-6-8-16(9-7-15)19-23-11-17(29-19)12-25-20(26)22(4,24-21(25)27)18-10-5-14(3)28-18/h5-11,13H,12H2,1-4H3,(H,24,27)/t22-/m0/s1. The van der Waals surface area contributed by atoms with Crippen LogP contribution in [-0.4, -0.2) is 21.8 Å². The van der Waals surface area contributed by atoms with E-state index in [1.54, 1.807) is 32.2 Å². The highest BCUT2D eigenvalue weighted by Gasteiger charge is 2.51. The average Bonchev–Trinajstić information content (AvgIpc) is 3.39. The van der Waals surface area contributed by atoms with Gasteiger partial charge in [-0.25, -0.2) is 9.78 Å². The maximum Gasteiger partial charge on any atom is 0.325 e. The van der Waals surface area contributed by atoms with Crippen LogP contribution in [0, 0.1) is 6.92 Å². The molecule has 4 rings (SSSR count). The van der Waals surface area contributed by atoms with Crippen molar-refractivity contribution in [2.75, 3.05) is 0 Å². The van der Waals surface area contributed by atoms with Crippen LogP contribution in [0.5, 0.6) is 0 Å². The van der Waals surface area contributed by atoms with E-state index in [0.717, 1.165) is 15.4 Å². The van der Waals surface area contributed by atoms with Gasteiger partial charge in [0.25, 0.3) is 5.91 Å². The summed E-state index contributed by atoms with van der Waals surface area (Å²) in [6.45, 7) is 7.97. The molecular formula is C22H23N3O3S. The normalized spacial score (nSPS) is 19.3. The first-order valence-corrected chi connectivity index (χ1v) is 10.4. The lowest BCUT2D eigenvalue weighted by atomic mass is 9.99. The van der Waals surface area contributed by atoms with Crippen LogP contribution < -0.4 is 5.32 Å². The van der Waals surface area contributed by atoms with Crippen molar-refractivity contribution in [1.82, 2.24) is 15.2 Å². The summed E-state index contributed by atoms with van der Waals surface area (Å²) in [5.41, 5.74) is 1.11. The molecule has 6 nitrogen and oxygen atoms in total. The molecule has 3 amide bonds. The number of aromatic nitrogens is 1. The third-order valence-electron chi connectivity index (χ3n) is 5.20. The Bertz CT molecular complexity index is 1070. The molecule has 0 saturated carbocycles. The Morgan fingerprint density at radius 2 is 1.90 bits per heavy atom. The van der Waals surface area contributed by atoms with Crippen molar-refractivity contribution < 1.29 is 14.0 Å². The maximum atomic E-state index is 13.0. The van der Waals surface area contributed by atoms with Crippen LogP contribution in [0.1, 0.15) is 48.7 Å². The van der Waals surface area contributed by atoms with Gasteiger partial charge in [-0.1, -0.05) is 38.1 Å². The molecule has 1 aliphatic rings. The second-order valence-electron chi connectivity index (χ2n) is 7.77. The van der Waals surface area contributed by atoms with Crippen LogP contribution in [0.25, 0.3) is 10.6 Å². The number of rotatable bonds is 5. The second-order valence-corrected chi connectivity index (χ2v) is 8.88. The first-order chi connectivity index (χ1) is 13.8. The van der Waals surface area contributed by atoms with Gasteiger partial charge in [0.2, 0.25) is 0 Å². The number of nitrogens with zero attached hydrogens (tertiary/aromatic N) is 2. The summed E-state index contributed by atoms with van der Waals surface area (Å²) in [4.78, 5) is 32.0. The Kier molecular flexibility index (Phi) is 4.78. The van der Waals surface area contributed by atoms with Crippen LogP contribution >= 0.6 is 11.3 Å². The number of carbonyl (C=O) groups is 2. The Morgan fingerprint density at radius 1 is 1.17 bits per heavy atom. The predicted molar refractivity (Wildman–Crippen MR) is 112 cm³/mol. The number of thiazole rings is 1. The van der Waals surface area contributed by atoms with Gasteiger partial charge in [-0.15, -0.1) is 11.3 Å². The third kappa shape index (κ3) is 3.46. The summed E-state index contributed by atoms with van der Waals surface area (Å²) < 4.78 is 5.60. The number of hydrogen-bond acceptors (Lipinski definition) is 5. The van der Waals surface area contributed by atoms with Crippen molar-refractivity contribution in [3.05, 3.63) is 64.6 Å². The van der Waals surface area contributed by atoms with Gasteiger partial charge in [-0.2, -0.15) is 0 Å². The SMILES string of the molecule is Cc1ccc([C@]2(C)NC(=O)N(Cc3cnc(-c4ccc(C(C)C)cc4)s3)C2=O)o1. The van der Waals surface area contributed by atoms with E-state index in [4.69, 9.17) is 4.42 Å². The van der Waals surface area contributed by atoms with Crippen molar-refractivity contribution in [2.45, 2.75) is 45.7 Å². The topological polar surface area (TPSA) is 75.4 Å². The van der Waals surface area contributed by atoms with E-state index >= 15 is 0 Å². The number of carbonyl (C=O) groups excluding carboxylic acids is 2. The van der Waals surface area contributed by atoms with Crippen LogP contribution in [-0.2, 0) is 16.9 Å². The van der Waals surface area contributed by atoms with Crippen LogP contribution in [0.15, 0.2) is 47.0 Å². The van der Waals surface area contributed by atoms with Crippen molar-refractivity contribution in [3.63, 3.8) is 0 Å². The molecule has 1 aromatic carbocycles. The van der Waals surface area contributed by atoms with E-state index in [0.29, 0.717) is 17.4 Å².